The predicted molar refractivity (Wildman–Crippen MR) is 104 cm³/mol. The molecule has 0 spiro atoms. The first-order valence-corrected chi connectivity index (χ1v) is 9.45. The molecule has 7 nitrogen and oxygen atoms in total. The maximum atomic E-state index is 12.7. The van der Waals surface area contributed by atoms with Gasteiger partial charge in [-0.3, -0.25) is 4.79 Å². The Labute approximate surface area is 161 Å². The second-order valence-electron chi connectivity index (χ2n) is 5.74. The second-order valence-corrected chi connectivity index (χ2v) is 6.88. The monoisotopic (exact) mass is 384 g/mol. The molecule has 0 saturated heterocycles. The molecule has 0 fully saturated rings. The van der Waals surface area contributed by atoms with E-state index in [-0.39, 0.29) is 12.3 Å². The van der Waals surface area contributed by atoms with Crippen LogP contribution in [0.1, 0.15) is 45.3 Å². The molecule has 0 aliphatic carbocycles. The molecule has 2 aromatic heterocycles. The summed E-state index contributed by atoms with van der Waals surface area (Å²) in [7, 11) is 0. The lowest BCUT2D eigenvalue weighted by atomic mass is 10.2. The minimum Gasteiger partial charge on any atom is -0.462 e. The van der Waals surface area contributed by atoms with Crippen LogP contribution < -0.4 is 5.32 Å². The highest BCUT2D eigenvalue weighted by atomic mass is 32.1. The van der Waals surface area contributed by atoms with Crippen molar-refractivity contribution in [2.75, 3.05) is 11.9 Å². The number of hydrogen-bond donors (Lipinski definition) is 1. The average Bonchev–Trinajstić information content (AvgIpc) is 3.26. The van der Waals surface area contributed by atoms with Gasteiger partial charge in [0.05, 0.1) is 23.6 Å². The Bertz CT molecular complexity index is 963. The number of ether oxygens (including phenoxy) is 1. The van der Waals surface area contributed by atoms with Crippen molar-refractivity contribution < 1.29 is 14.3 Å². The molecular weight excluding hydrogens is 364 g/mol. The van der Waals surface area contributed by atoms with Crippen molar-refractivity contribution in [3.05, 3.63) is 58.2 Å². The number of rotatable bonds is 6. The van der Waals surface area contributed by atoms with Gasteiger partial charge in [-0.05, 0) is 38.5 Å². The van der Waals surface area contributed by atoms with Crippen molar-refractivity contribution >= 4 is 28.2 Å². The quantitative estimate of drug-likeness (QED) is 0.656. The van der Waals surface area contributed by atoms with Crippen LogP contribution in [0.15, 0.2) is 36.4 Å². The molecule has 0 aliphatic rings. The van der Waals surface area contributed by atoms with Gasteiger partial charge in [-0.25, -0.2) is 4.79 Å². The molecule has 0 unspecified atom stereocenters. The van der Waals surface area contributed by atoms with E-state index in [9.17, 15) is 9.59 Å². The van der Waals surface area contributed by atoms with Crippen LogP contribution in [0.2, 0.25) is 0 Å². The minimum absolute atomic E-state index is 0.208. The first-order chi connectivity index (χ1) is 13.0. The number of nitrogens with one attached hydrogen (secondary N) is 1. The van der Waals surface area contributed by atoms with Gasteiger partial charge in [0.25, 0.3) is 5.91 Å². The Morgan fingerprint density at radius 1 is 1.19 bits per heavy atom. The van der Waals surface area contributed by atoms with Gasteiger partial charge in [0.2, 0.25) is 0 Å². The number of nitrogens with zero attached hydrogens (tertiary/aromatic N) is 3. The number of aromatic nitrogens is 3. The molecule has 2 heterocycles. The fourth-order valence-corrected chi connectivity index (χ4v) is 3.48. The van der Waals surface area contributed by atoms with E-state index in [1.165, 1.54) is 16.1 Å². The number of amides is 1. The van der Waals surface area contributed by atoms with E-state index < -0.39 is 11.9 Å². The number of benzene rings is 1. The third-order valence-electron chi connectivity index (χ3n) is 3.84. The number of aryl methyl sites for hydroxylation is 2. The molecule has 1 amide bonds. The zero-order chi connectivity index (χ0) is 19.4. The van der Waals surface area contributed by atoms with Gasteiger partial charge in [-0.15, -0.1) is 16.4 Å². The van der Waals surface area contributed by atoms with Gasteiger partial charge < -0.3 is 10.1 Å². The smallest absolute Gasteiger partial charge is 0.341 e. The third kappa shape index (κ3) is 4.06. The maximum Gasteiger partial charge on any atom is 0.341 e. The summed E-state index contributed by atoms with van der Waals surface area (Å²) in [5.41, 5.74) is 1.83. The van der Waals surface area contributed by atoms with E-state index in [1.807, 2.05) is 37.3 Å². The van der Waals surface area contributed by atoms with Crippen LogP contribution in [-0.2, 0) is 11.2 Å². The van der Waals surface area contributed by atoms with Crippen molar-refractivity contribution in [1.29, 1.82) is 0 Å². The highest BCUT2D eigenvalue weighted by Gasteiger charge is 2.22. The van der Waals surface area contributed by atoms with Gasteiger partial charge in [0, 0.05) is 4.88 Å². The molecule has 0 atom stereocenters. The standard InChI is InChI=1S/C19H20N4O3S/c1-4-14-11-15(19(25)26-5-2)18(27-14)20-17(24)16-12(3)21-23(22-16)13-9-7-6-8-10-13/h6-11H,4-5H2,1-3H3,(H,20,24). The van der Waals surface area contributed by atoms with Gasteiger partial charge in [-0.2, -0.15) is 9.90 Å². The normalized spacial score (nSPS) is 10.6. The Kier molecular flexibility index (Phi) is 5.66. The zero-order valence-electron chi connectivity index (χ0n) is 15.4. The van der Waals surface area contributed by atoms with E-state index in [0.717, 1.165) is 17.0 Å². The highest BCUT2D eigenvalue weighted by molar-refractivity contribution is 7.16. The summed E-state index contributed by atoms with van der Waals surface area (Å²) in [6.07, 6.45) is 0.760. The Hall–Kier alpha value is -3.00. The molecule has 8 heteroatoms. The van der Waals surface area contributed by atoms with E-state index >= 15 is 0 Å². The first kappa shape index (κ1) is 18.8. The van der Waals surface area contributed by atoms with E-state index in [2.05, 4.69) is 15.5 Å². The summed E-state index contributed by atoms with van der Waals surface area (Å²) in [5, 5.41) is 11.9. The highest BCUT2D eigenvalue weighted by Crippen LogP contribution is 2.30. The summed E-state index contributed by atoms with van der Waals surface area (Å²) in [4.78, 5) is 27.3. The van der Waals surface area contributed by atoms with Crippen LogP contribution in [0.25, 0.3) is 5.69 Å². The van der Waals surface area contributed by atoms with Crippen molar-refractivity contribution in [3.63, 3.8) is 0 Å². The van der Waals surface area contributed by atoms with E-state index in [0.29, 0.717) is 16.3 Å². The van der Waals surface area contributed by atoms with Crippen LogP contribution in [0.4, 0.5) is 5.00 Å². The Balaban J connectivity index is 1.87. The van der Waals surface area contributed by atoms with Crippen LogP contribution >= 0.6 is 11.3 Å². The molecule has 0 saturated carbocycles. The summed E-state index contributed by atoms with van der Waals surface area (Å²) in [5.74, 6) is -0.863. The predicted octanol–water partition coefficient (Wildman–Crippen LogP) is 3.63. The van der Waals surface area contributed by atoms with Crippen molar-refractivity contribution in [3.8, 4) is 5.69 Å². The first-order valence-electron chi connectivity index (χ1n) is 8.64. The number of esters is 1. The lowest BCUT2D eigenvalue weighted by Gasteiger charge is -2.04. The molecular formula is C19H20N4O3S. The van der Waals surface area contributed by atoms with Crippen molar-refractivity contribution in [1.82, 2.24) is 15.0 Å². The molecule has 0 bridgehead atoms. The second kappa shape index (κ2) is 8.13. The summed E-state index contributed by atoms with van der Waals surface area (Å²) in [6.45, 7) is 5.73. The van der Waals surface area contributed by atoms with Gasteiger partial charge in [-0.1, -0.05) is 25.1 Å². The number of para-hydroxylation sites is 1. The molecule has 27 heavy (non-hydrogen) atoms. The largest absolute Gasteiger partial charge is 0.462 e. The molecule has 1 N–H and O–H groups in total. The molecule has 3 rings (SSSR count). The van der Waals surface area contributed by atoms with Crippen molar-refractivity contribution in [2.24, 2.45) is 0 Å². The number of thiophene rings is 1. The van der Waals surface area contributed by atoms with Crippen LogP contribution in [0, 0.1) is 6.92 Å². The summed E-state index contributed by atoms with van der Waals surface area (Å²) in [6, 6.07) is 11.1. The summed E-state index contributed by atoms with van der Waals surface area (Å²) < 4.78 is 5.08. The van der Waals surface area contributed by atoms with Gasteiger partial charge >= 0.3 is 5.97 Å². The fourth-order valence-electron chi connectivity index (χ4n) is 2.50. The number of anilines is 1. The lowest BCUT2D eigenvalue weighted by molar-refractivity contribution is 0.0528. The molecule has 140 valence electrons. The average molecular weight is 384 g/mol. The lowest BCUT2D eigenvalue weighted by Crippen LogP contribution is -2.16. The number of hydrogen-bond acceptors (Lipinski definition) is 6. The molecule has 0 radical (unpaired) electrons. The van der Waals surface area contributed by atoms with Crippen LogP contribution in [0.3, 0.4) is 0 Å². The molecule has 0 aliphatic heterocycles. The maximum absolute atomic E-state index is 12.7. The van der Waals surface area contributed by atoms with E-state index in [1.54, 1.807) is 19.9 Å². The summed E-state index contributed by atoms with van der Waals surface area (Å²) >= 11 is 1.36. The molecule has 3 aromatic rings. The SMILES string of the molecule is CCOC(=O)c1cc(CC)sc1NC(=O)c1nn(-c2ccccc2)nc1C. The van der Waals surface area contributed by atoms with Crippen molar-refractivity contribution in [2.45, 2.75) is 27.2 Å². The van der Waals surface area contributed by atoms with Crippen LogP contribution in [-0.4, -0.2) is 33.5 Å². The van der Waals surface area contributed by atoms with Gasteiger partial charge in [0.15, 0.2) is 5.69 Å². The van der Waals surface area contributed by atoms with Gasteiger partial charge in [0.1, 0.15) is 5.00 Å². The number of carbonyl (C=O) groups excluding carboxylic acids is 2. The van der Waals surface area contributed by atoms with Crippen LogP contribution in [0.5, 0.6) is 0 Å². The topological polar surface area (TPSA) is 86.1 Å². The zero-order valence-corrected chi connectivity index (χ0v) is 16.2. The van der Waals surface area contributed by atoms with E-state index in [4.69, 9.17) is 4.74 Å². The number of carbonyl (C=O) groups is 2. The molecule has 1 aromatic carbocycles. The minimum atomic E-state index is -0.451. The fraction of sp³-hybridized carbons (Fsp3) is 0.263. The third-order valence-corrected chi connectivity index (χ3v) is 5.03. The Morgan fingerprint density at radius 2 is 1.93 bits per heavy atom. The Morgan fingerprint density at radius 3 is 2.59 bits per heavy atom.